The van der Waals surface area contributed by atoms with Crippen molar-refractivity contribution in [2.75, 3.05) is 20.7 Å². The molecule has 0 bridgehead atoms. The van der Waals surface area contributed by atoms with Gasteiger partial charge in [-0.05, 0) is 49.1 Å². The van der Waals surface area contributed by atoms with Crippen LogP contribution in [0.25, 0.3) is 0 Å². The lowest BCUT2D eigenvalue weighted by molar-refractivity contribution is -0.137. The molecule has 0 spiro atoms. The van der Waals surface area contributed by atoms with Crippen molar-refractivity contribution >= 4 is 12.0 Å². The van der Waals surface area contributed by atoms with Gasteiger partial charge in [0.25, 0.3) is 0 Å². The minimum Gasteiger partial charge on any atom is -0.497 e. The molecule has 0 aliphatic carbocycles. The molecule has 0 radical (unpaired) electrons. The first-order valence-electron chi connectivity index (χ1n) is 8.32. The SMILES string of the molecule is CCN(C)/C=N/c1cc(OC)cc(Cc2cccc(C(F)(F)F)c2)c1C. The van der Waals surface area contributed by atoms with Crippen molar-refractivity contribution < 1.29 is 17.9 Å². The minimum absolute atomic E-state index is 0.374. The number of hydrogen-bond donors (Lipinski definition) is 0. The van der Waals surface area contributed by atoms with Gasteiger partial charge in [0, 0.05) is 19.7 Å². The van der Waals surface area contributed by atoms with Gasteiger partial charge in [0.15, 0.2) is 0 Å². The van der Waals surface area contributed by atoms with Gasteiger partial charge in [-0.1, -0.05) is 18.2 Å². The third-order valence-corrected chi connectivity index (χ3v) is 4.24. The lowest BCUT2D eigenvalue weighted by Gasteiger charge is -2.14. The van der Waals surface area contributed by atoms with E-state index in [1.54, 1.807) is 19.5 Å². The molecule has 2 rings (SSSR count). The maximum absolute atomic E-state index is 12.9. The fourth-order valence-electron chi connectivity index (χ4n) is 2.48. The number of aliphatic imine (C=N–C) groups is 1. The molecule has 2 aromatic carbocycles. The topological polar surface area (TPSA) is 24.8 Å². The van der Waals surface area contributed by atoms with Crippen molar-refractivity contribution in [2.24, 2.45) is 4.99 Å². The molecule has 0 saturated carbocycles. The van der Waals surface area contributed by atoms with Crippen LogP contribution in [0.3, 0.4) is 0 Å². The third-order valence-electron chi connectivity index (χ3n) is 4.24. The van der Waals surface area contributed by atoms with Gasteiger partial charge < -0.3 is 9.64 Å². The number of halogens is 3. The molecule has 0 aliphatic rings. The minimum atomic E-state index is -4.35. The first-order chi connectivity index (χ1) is 12.2. The van der Waals surface area contributed by atoms with Crippen LogP contribution in [0.1, 0.15) is 29.2 Å². The number of ether oxygens (including phenoxy) is 1. The molecule has 0 amide bonds. The summed E-state index contributed by atoms with van der Waals surface area (Å²) in [5.74, 6) is 0.629. The Morgan fingerprint density at radius 1 is 1.19 bits per heavy atom. The summed E-state index contributed by atoms with van der Waals surface area (Å²) in [5.41, 5.74) is 2.50. The van der Waals surface area contributed by atoms with E-state index in [0.717, 1.165) is 29.4 Å². The Morgan fingerprint density at radius 2 is 1.92 bits per heavy atom. The summed E-state index contributed by atoms with van der Waals surface area (Å²) < 4.78 is 44.1. The molecule has 2 aromatic rings. The Hall–Kier alpha value is -2.50. The second-order valence-corrected chi connectivity index (χ2v) is 6.12. The van der Waals surface area contributed by atoms with Crippen molar-refractivity contribution in [1.29, 1.82) is 0 Å². The molecule has 0 saturated heterocycles. The van der Waals surface area contributed by atoms with Crippen LogP contribution in [0.5, 0.6) is 5.75 Å². The van der Waals surface area contributed by atoms with Crippen LogP contribution < -0.4 is 4.74 Å². The molecule has 3 nitrogen and oxygen atoms in total. The number of alkyl halides is 3. The first-order valence-corrected chi connectivity index (χ1v) is 8.32. The van der Waals surface area contributed by atoms with E-state index < -0.39 is 11.7 Å². The molecule has 0 atom stereocenters. The highest BCUT2D eigenvalue weighted by Crippen LogP contribution is 2.32. The molecular weight excluding hydrogens is 341 g/mol. The molecule has 26 heavy (non-hydrogen) atoms. The molecule has 0 heterocycles. The van der Waals surface area contributed by atoms with Crippen LogP contribution in [-0.2, 0) is 12.6 Å². The molecule has 0 aliphatic heterocycles. The van der Waals surface area contributed by atoms with Crippen LogP contribution >= 0.6 is 0 Å². The van der Waals surface area contributed by atoms with Crippen molar-refractivity contribution in [3.05, 3.63) is 58.7 Å². The summed E-state index contributed by atoms with van der Waals surface area (Å²) >= 11 is 0. The van der Waals surface area contributed by atoms with Crippen molar-refractivity contribution in [3.8, 4) is 5.75 Å². The summed E-state index contributed by atoms with van der Waals surface area (Å²) in [5, 5.41) is 0. The average Bonchev–Trinajstić information content (AvgIpc) is 2.61. The number of benzene rings is 2. The standard InChI is InChI=1S/C20H23F3N2O/c1-5-25(3)13-24-19-12-18(26-4)11-16(14(19)2)9-15-7-6-8-17(10-15)20(21,22)23/h6-8,10-13H,5,9H2,1-4H3/b24-13+. The lowest BCUT2D eigenvalue weighted by atomic mass is 9.97. The van der Waals surface area contributed by atoms with E-state index in [-0.39, 0.29) is 0 Å². The second-order valence-electron chi connectivity index (χ2n) is 6.12. The van der Waals surface area contributed by atoms with E-state index in [9.17, 15) is 13.2 Å². The number of nitrogens with zero attached hydrogens (tertiary/aromatic N) is 2. The predicted octanol–water partition coefficient (Wildman–Crippen LogP) is 5.22. The second kappa shape index (κ2) is 8.25. The van der Waals surface area contributed by atoms with Crippen LogP contribution in [0, 0.1) is 6.92 Å². The quantitative estimate of drug-likeness (QED) is 0.518. The zero-order chi connectivity index (χ0) is 19.3. The van der Waals surface area contributed by atoms with Gasteiger partial charge >= 0.3 is 6.18 Å². The zero-order valence-corrected chi connectivity index (χ0v) is 15.4. The lowest BCUT2D eigenvalue weighted by Crippen LogP contribution is -2.14. The van der Waals surface area contributed by atoms with Crippen molar-refractivity contribution in [3.63, 3.8) is 0 Å². The van der Waals surface area contributed by atoms with Gasteiger partial charge in [-0.15, -0.1) is 0 Å². The Labute approximate surface area is 152 Å². The monoisotopic (exact) mass is 364 g/mol. The zero-order valence-electron chi connectivity index (χ0n) is 15.4. The highest BCUT2D eigenvalue weighted by atomic mass is 19.4. The molecule has 140 valence electrons. The average molecular weight is 364 g/mol. The van der Waals surface area contributed by atoms with E-state index in [1.807, 2.05) is 37.9 Å². The highest BCUT2D eigenvalue weighted by Gasteiger charge is 2.30. The summed E-state index contributed by atoms with van der Waals surface area (Å²) in [7, 11) is 3.48. The maximum atomic E-state index is 12.9. The fraction of sp³-hybridized carbons (Fsp3) is 0.350. The molecule has 0 fully saturated rings. The van der Waals surface area contributed by atoms with Crippen molar-refractivity contribution in [2.45, 2.75) is 26.4 Å². The van der Waals surface area contributed by atoms with E-state index in [2.05, 4.69) is 4.99 Å². The Bertz CT molecular complexity index is 785. The molecule has 0 aromatic heterocycles. The number of hydrogen-bond acceptors (Lipinski definition) is 2. The van der Waals surface area contributed by atoms with Gasteiger partial charge in [-0.3, -0.25) is 0 Å². The predicted molar refractivity (Wildman–Crippen MR) is 98.4 cm³/mol. The summed E-state index contributed by atoms with van der Waals surface area (Å²) in [6.45, 7) is 4.76. The Kier molecular flexibility index (Phi) is 6.29. The van der Waals surface area contributed by atoms with Gasteiger partial charge in [-0.2, -0.15) is 13.2 Å². The normalized spacial score (nSPS) is 11.8. The Balaban J connectivity index is 2.39. The van der Waals surface area contributed by atoms with E-state index in [0.29, 0.717) is 17.7 Å². The van der Waals surface area contributed by atoms with Gasteiger partial charge in [0.05, 0.1) is 24.7 Å². The number of rotatable bonds is 6. The van der Waals surface area contributed by atoms with Crippen LogP contribution in [0.15, 0.2) is 41.4 Å². The highest BCUT2D eigenvalue weighted by molar-refractivity contribution is 5.65. The largest absolute Gasteiger partial charge is 0.497 e. The van der Waals surface area contributed by atoms with Gasteiger partial charge in [-0.25, -0.2) is 4.99 Å². The first kappa shape index (κ1) is 19.8. The van der Waals surface area contributed by atoms with Crippen molar-refractivity contribution in [1.82, 2.24) is 4.90 Å². The van der Waals surface area contributed by atoms with E-state index in [4.69, 9.17) is 4.74 Å². The molecule has 0 N–H and O–H groups in total. The number of methoxy groups -OCH3 is 1. The smallest absolute Gasteiger partial charge is 0.416 e. The van der Waals surface area contributed by atoms with Gasteiger partial charge in [0.2, 0.25) is 0 Å². The fourth-order valence-corrected chi connectivity index (χ4v) is 2.48. The van der Waals surface area contributed by atoms with E-state index in [1.165, 1.54) is 12.1 Å². The Morgan fingerprint density at radius 3 is 2.54 bits per heavy atom. The molecule has 0 unspecified atom stereocenters. The van der Waals surface area contributed by atoms with Crippen LogP contribution in [0.4, 0.5) is 18.9 Å². The summed E-state index contributed by atoms with van der Waals surface area (Å²) in [4.78, 5) is 6.42. The molecular formula is C20H23F3N2O. The van der Waals surface area contributed by atoms with Crippen LogP contribution in [0.2, 0.25) is 0 Å². The summed E-state index contributed by atoms with van der Waals surface area (Å²) in [6.07, 6.45) is -2.24. The van der Waals surface area contributed by atoms with E-state index >= 15 is 0 Å². The summed E-state index contributed by atoms with van der Waals surface area (Å²) in [6, 6.07) is 9.07. The maximum Gasteiger partial charge on any atom is 0.416 e. The van der Waals surface area contributed by atoms with Gasteiger partial charge in [0.1, 0.15) is 5.75 Å². The van der Waals surface area contributed by atoms with Crippen LogP contribution in [-0.4, -0.2) is 31.9 Å². The molecule has 6 heteroatoms. The third kappa shape index (κ3) is 5.00.